The van der Waals surface area contributed by atoms with Gasteiger partial charge in [0.25, 0.3) is 15.9 Å². The van der Waals surface area contributed by atoms with Gasteiger partial charge in [0, 0.05) is 42.6 Å². The number of rotatable bonds is 5. The molecule has 1 aromatic carbocycles. The Balaban J connectivity index is 1.41. The van der Waals surface area contributed by atoms with Gasteiger partial charge < -0.3 is 9.32 Å². The molecule has 0 unspecified atom stereocenters. The van der Waals surface area contributed by atoms with Crippen molar-refractivity contribution in [3.8, 4) is 0 Å². The van der Waals surface area contributed by atoms with Gasteiger partial charge in [0.05, 0.1) is 15.6 Å². The Morgan fingerprint density at radius 3 is 2.56 bits per heavy atom. The lowest BCUT2D eigenvalue weighted by Crippen LogP contribution is -2.37. The molecular weight excluding hydrogens is 494 g/mol. The van der Waals surface area contributed by atoms with E-state index in [2.05, 4.69) is 9.71 Å². The fourth-order valence-electron chi connectivity index (χ4n) is 4.38. The molecule has 2 fully saturated rings. The number of hydrogen-bond acceptors (Lipinski definition) is 7. The smallest absolute Gasteiger partial charge is 0.310 e. The van der Waals surface area contributed by atoms with Crippen LogP contribution in [0.4, 0.5) is 20.3 Å². The Morgan fingerprint density at radius 2 is 1.91 bits per heavy atom. The zero-order valence-electron chi connectivity index (χ0n) is 17.5. The number of furan rings is 1. The summed E-state index contributed by atoms with van der Waals surface area (Å²) in [5.74, 6) is -3.40. The van der Waals surface area contributed by atoms with Crippen molar-refractivity contribution in [1.82, 2.24) is 10.5 Å². The van der Waals surface area contributed by atoms with Crippen LogP contribution in [0.5, 0.6) is 0 Å². The zero-order chi connectivity index (χ0) is 24.3. The highest BCUT2D eigenvalue weighted by Gasteiger charge is 2.70. The lowest BCUT2D eigenvalue weighted by molar-refractivity contribution is 0.0536. The van der Waals surface area contributed by atoms with E-state index in [1.165, 1.54) is 42.0 Å². The van der Waals surface area contributed by atoms with E-state index in [4.69, 9.17) is 21.2 Å². The minimum atomic E-state index is -4.13. The topological polar surface area (TPSA) is 125 Å². The lowest BCUT2D eigenvalue weighted by Gasteiger charge is -2.34. The Morgan fingerprint density at radius 1 is 1.21 bits per heavy atom. The van der Waals surface area contributed by atoms with Crippen LogP contribution < -0.4 is 15.1 Å². The third-order valence-electron chi connectivity index (χ3n) is 6.44. The summed E-state index contributed by atoms with van der Waals surface area (Å²) in [5, 5.41) is 9.41. The second kappa shape index (κ2) is 7.79. The molecule has 0 atom stereocenters. The molecule has 1 saturated heterocycles. The number of hydroxylamine groups is 1. The fraction of sp³-hybridized carbons (Fsp3) is 0.333. The molecule has 2 aliphatic rings. The molecule has 1 amide bonds. The number of nitrogens with one attached hydrogen (secondary N) is 2. The van der Waals surface area contributed by atoms with E-state index in [1.807, 2.05) is 0 Å². The number of anilines is 2. The van der Waals surface area contributed by atoms with Crippen LogP contribution in [0.25, 0.3) is 11.0 Å². The summed E-state index contributed by atoms with van der Waals surface area (Å²) in [5.41, 5.74) is 0.728. The van der Waals surface area contributed by atoms with E-state index in [9.17, 15) is 22.0 Å². The predicted molar refractivity (Wildman–Crippen MR) is 119 cm³/mol. The minimum absolute atomic E-state index is 0.113. The lowest BCUT2D eigenvalue weighted by atomic mass is 9.93. The van der Waals surface area contributed by atoms with Crippen LogP contribution >= 0.6 is 11.6 Å². The van der Waals surface area contributed by atoms with E-state index in [-0.39, 0.29) is 46.2 Å². The highest BCUT2D eigenvalue weighted by Crippen LogP contribution is 2.66. The number of hydrogen-bond donors (Lipinski definition) is 3. The summed E-state index contributed by atoms with van der Waals surface area (Å²) in [4.78, 5) is 17.4. The predicted octanol–water partition coefficient (Wildman–Crippen LogP) is 4.03. The number of carbonyl (C=O) groups excluding carboxylic acids is 1. The number of alkyl halides is 2. The van der Waals surface area contributed by atoms with Crippen LogP contribution in [0.15, 0.2) is 45.8 Å². The first-order valence-corrected chi connectivity index (χ1v) is 12.2. The second-order valence-electron chi connectivity index (χ2n) is 8.53. The number of carbonyl (C=O) groups is 1. The summed E-state index contributed by atoms with van der Waals surface area (Å²) in [7, 11) is -4.13. The fourth-order valence-corrected chi connectivity index (χ4v) is 5.60. The number of amides is 1. The molecule has 1 aliphatic carbocycles. The molecule has 13 heteroatoms. The number of sulfonamides is 1. The van der Waals surface area contributed by atoms with Crippen LogP contribution in [-0.2, 0) is 10.0 Å². The summed E-state index contributed by atoms with van der Waals surface area (Å²) < 4.78 is 61.5. The van der Waals surface area contributed by atoms with E-state index in [1.54, 1.807) is 4.90 Å². The summed E-state index contributed by atoms with van der Waals surface area (Å²) in [6, 6.07) is 6.79. The van der Waals surface area contributed by atoms with E-state index < -0.39 is 27.3 Å². The second-order valence-corrected chi connectivity index (χ2v) is 10.6. The van der Waals surface area contributed by atoms with Crippen molar-refractivity contribution >= 4 is 50.0 Å². The summed E-state index contributed by atoms with van der Waals surface area (Å²) >= 11 is 6.06. The summed E-state index contributed by atoms with van der Waals surface area (Å²) in [6.07, 6.45) is 1.83. The normalized spacial score (nSPS) is 18.8. The molecule has 0 bridgehead atoms. The van der Waals surface area contributed by atoms with Gasteiger partial charge in [-0.2, -0.15) is 0 Å². The number of nitrogens with zero attached hydrogens (tertiary/aromatic N) is 2. The van der Waals surface area contributed by atoms with Crippen molar-refractivity contribution in [2.24, 2.45) is 5.41 Å². The molecule has 1 spiro atoms. The van der Waals surface area contributed by atoms with Crippen molar-refractivity contribution in [2.45, 2.75) is 30.1 Å². The van der Waals surface area contributed by atoms with Crippen LogP contribution in [0.2, 0.25) is 5.02 Å². The average Bonchev–Trinajstić information content (AvgIpc) is 3.12. The number of pyridine rings is 1. The monoisotopic (exact) mass is 512 g/mol. The molecule has 1 aliphatic heterocycles. The maximum atomic E-state index is 13.7. The Kier molecular flexibility index (Phi) is 5.22. The molecule has 2 aromatic heterocycles. The Labute approximate surface area is 197 Å². The molecule has 180 valence electrons. The van der Waals surface area contributed by atoms with Gasteiger partial charge in [-0.25, -0.2) is 27.7 Å². The van der Waals surface area contributed by atoms with E-state index >= 15 is 0 Å². The molecule has 0 radical (unpaired) electrons. The van der Waals surface area contributed by atoms with Crippen LogP contribution in [0.1, 0.15) is 29.8 Å². The van der Waals surface area contributed by atoms with Gasteiger partial charge in [0.15, 0.2) is 11.6 Å². The highest BCUT2D eigenvalue weighted by atomic mass is 35.5. The molecule has 1 saturated carbocycles. The van der Waals surface area contributed by atoms with Crippen LogP contribution in [-0.4, -0.2) is 43.5 Å². The van der Waals surface area contributed by atoms with E-state index in [0.29, 0.717) is 24.3 Å². The number of benzene rings is 1. The molecule has 3 heterocycles. The molecule has 5 rings (SSSR count). The SMILES string of the molecule is O=C(NO)c1cc2ccc(S(=O)(=O)Nc3cc(Cl)cnc3N3CCC4(CC3)CC4(F)F)cc2o1. The number of halogens is 3. The van der Waals surface area contributed by atoms with Gasteiger partial charge in [0.1, 0.15) is 5.58 Å². The first-order chi connectivity index (χ1) is 16.0. The quantitative estimate of drug-likeness (QED) is 0.348. The van der Waals surface area contributed by atoms with Crippen molar-refractivity contribution < 1.29 is 31.6 Å². The van der Waals surface area contributed by atoms with Crippen LogP contribution in [0.3, 0.4) is 0 Å². The van der Waals surface area contributed by atoms with E-state index in [0.717, 1.165) is 0 Å². The van der Waals surface area contributed by atoms with Gasteiger partial charge >= 0.3 is 5.91 Å². The van der Waals surface area contributed by atoms with Crippen LogP contribution in [0, 0.1) is 5.41 Å². The standard InChI is InChI=1S/C21H19ClF2N4O5S/c22-13-8-15(18(25-10-13)28-5-3-20(4-6-28)11-21(20,23)24)27-34(31,32)14-2-1-12-7-17(19(29)26-30)33-16(12)9-14/h1-2,7-10,27,30H,3-6,11H2,(H,26,29). The molecule has 3 N–H and O–H groups in total. The van der Waals surface area contributed by atoms with Crippen molar-refractivity contribution in [3.05, 3.63) is 47.3 Å². The average molecular weight is 513 g/mol. The summed E-state index contributed by atoms with van der Waals surface area (Å²) in [6.45, 7) is 0.625. The molecule has 9 nitrogen and oxygen atoms in total. The van der Waals surface area contributed by atoms with Gasteiger partial charge in [-0.15, -0.1) is 0 Å². The number of fused-ring (bicyclic) bond motifs is 1. The van der Waals surface area contributed by atoms with Crippen molar-refractivity contribution in [2.75, 3.05) is 22.7 Å². The van der Waals surface area contributed by atoms with Gasteiger partial charge in [-0.05, 0) is 37.1 Å². The van der Waals surface area contributed by atoms with Gasteiger partial charge in [-0.3, -0.25) is 14.7 Å². The Bertz CT molecular complexity index is 1400. The maximum Gasteiger partial charge on any atom is 0.310 e. The maximum absolute atomic E-state index is 13.7. The molecule has 3 aromatic rings. The minimum Gasteiger partial charge on any atom is -0.451 e. The zero-order valence-corrected chi connectivity index (χ0v) is 19.1. The third kappa shape index (κ3) is 3.85. The first kappa shape index (κ1) is 22.8. The Hall–Kier alpha value is -2.96. The van der Waals surface area contributed by atoms with Gasteiger partial charge in [0.2, 0.25) is 0 Å². The van der Waals surface area contributed by atoms with Crippen molar-refractivity contribution in [3.63, 3.8) is 0 Å². The van der Waals surface area contributed by atoms with Crippen molar-refractivity contribution in [1.29, 1.82) is 0 Å². The highest BCUT2D eigenvalue weighted by molar-refractivity contribution is 7.92. The largest absolute Gasteiger partial charge is 0.451 e. The molecule has 34 heavy (non-hydrogen) atoms. The molecular formula is C21H19ClF2N4O5S. The first-order valence-electron chi connectivity index (χ1n) is 10.3. The number of piperidine rings is 1. The number of aromatic nitrogens is 1. The van der Waals surface area contributed by atoms with Gasteiger partial charge in [-0.1, -0.05) is 11.6 Å². The third-order valence-corrected chi connectivity index (χ3v) is 8.01.